The number of unbranched alkanes of at least 4 members (excludes halogenated alkanes) is 2. The lowest BCUT2D eigenvalue weighted by Crippen LogP contribution is -2.73. The second-order valence-corrected chi connectivity index (χ2v) is 14.6. The number of carbonyl (C=O) groups excluding carboxylic acids is 3. The Morgan fingerprint density at radius 3 is 2.22 bits per heavy atom. The van der Waals surface area contributed by atoms with E-state index in [1.165, 1.54) is 0 Å². The van der Waals surface area contributed by atoms with Gasteiger partial charge >= 0.3 is 0 Å². The van der Waals surface area contributed by atoms with Crippen LogP contribution >= 0.6 is 0 Å². The molecule has 3 aromatic rings. The van der Waals surface area contributed by atoms with Crippen LogP contribution in [0.15, 0.2) is 22.2 Å². The first-order chi connectivity index (χ1) is 23.3. The molecule has 0 radical (unpaired) electrons. The highest BCUT2D eigenvalue weighted by molar-refractivity contribution is 6.36. The largest absolute Gasteiger partial charge is 0.506 e. The van der Waals surface area contributed by atoms with E-state index in [2.05, 4.69) is 25.1 Å². The Bertz CT molecular complexity index is 1990. The van der Waals surface area contributed by atoms with E-state index in [1.54, 1.807) is 13.2 Å². The lowest BCUT2D eigenvalue weighted by molar-refractivity contribution is -0.0878. The predicted octanol–water partition coefficient (Wildman–Crippen LogP) is 5.74. The van der Waals surface area contributed by atoms with Crippen molar-refractivity contribution in [2.45, 2.75) is 103 Å². The Balaban J connectivity index is 1.54. The molecule has 0 aliphatic heterocycles. The van der Waals surface area contributed by atoms with Gasteiger partial charge in [-0.05, 0) is 55.2 Å². The lowest BCUT2D eigenvalue weighted by Gasteiger charge is -2.49. The number of phenolic OH excluding ortho intramolecular Hbond substituents is 1. The summed E-state index contributed by atoms with van der Waals surface area (Å²) in [6, 6.07) is 1.71. The van der Waals surface area contributed by atoms with Crippen molar-refractivity contribution >= 4 is 28.1 Å². The zero-order valence-electron chi connectivity index (χ0n) is 28.9. The summed E-state index contributed by atoms with van der Waals surface area (Å²) in [5.41, 5.74) is -6.14. The number of ketones is 3. The molecule has 4 aliphatic carbocycles. The van der Waals surface area contributed by atoms with Gasteiger partial charge in [0.15, 0.2) is 17.1 Å². The zero-order valence-corrected chi connectivity index (χ0v) is 28.9. The van der Waals surface area contributed by atoms with Gasteiger partial charge in [-0.1, -0.05) is 52.2 Å². The number of rotatable bonds is 9. The third kappa shape index (κ3) is 4.03. The highest BCUT2D eigenvalue weighted by Gasteiger charge is 2.72. The number of phenols is 1. The summed E-state index contributed by atoms with van der Waals surface area (Å²) in [6.45, 7) is 10.8. The SMILES string of the molecule is CCCCOc1noc2c1C(=O)[C@]1(O)C(=O)c3c(c4c5c(c(OC)cc(OCCCC)c5c3O)[C@@]3(C4)C(C)=CCCC3(C)C)C(=O)[C@]1(O)C2. The minimum absolute atomic E-state index is 0.174. The molecule has 0 fully saturated rings. The summed E-state index contributed by atoms with van der Waals surface area (Å²) in [6.07, 6.45) is 6.36. The molecule has 11 nitrogen and oxygen atoms in total. The van der Waals surface area contributed by atoms with Crippen molar-refractivity contribution in [3.05, 3.63) is 51.3 Å². The van der Waals surface area contributed by atoms with Gasteiger partial charge in [0.1, 0.15) is 22.8 Å². The number of fused-ring (bicyclic) bond motifs is 5. The maximum absolute atomic E-state index is 14.9. The van der Waals surface area contributed by atoms with Crippen molar-refractivity contribution in [2.24, 2.45) is 5.41 Å². The van der Waals surface area contributed by atoms with Crippen molar-refractivity contribution in [2.75, 3.05) is 20.3 Å². The molecule has 0 amide bonds. The van der Waals surface area contributed by atoms with Crippen LogP contribution in [-0.2, 0) is 18.3 Å². The van der Waals surface area contributed by atoms with Crippen LogP contribution in [0, 0.1) is 5.41 Å². The molecule has 7 rings (SSSR count). The van der Waals surface area contributed by atoms with Crippen LogP contribution in [0.5, 0.6) is 23.1 Å². The summed E-state index contributed by atoms with van der Waals surface area (Å²) in [7, 11) is 1.56. The monoisotopic (exact) mass is 673 g/mol. The van der Waals surface area contributed by atoms with Gasteiger partial charge in [0.2, 0.25) is 17.2 Å². The molecule has 2 aromatic carbocycles. The van der Waals surface area contributed by atoms with Crippen LogP contribution in [0.2, 0.25) is 0 Å². The van der Waals surface area contributed by atoms with Crippen molar-refractivity contribution in [3.8, 4) is 23.1 Å². The van der Waals surface area contributed by atoms with E-state index in [0.717, 1.165) is 36.8 Å². The van der Waals surface area contributed by atoms with Gasteiger partial charge < -0.3 is 34.1 Å². The topological polar surface area (TPSA) is 166 Å². The summed E-state index contributed by atoms with van der Waals surface area (Å²) < 4.78 is 23.3. The van der Waals surface area contributed by atoms with E-state index in [1.807, 2.05) is 20.8 Å². The van der Waals surface area contributed by atoms with E-state index >= 15 is 0 Å². The van der Waals surface area contributed by atoms with Gasteiger partial charge in [-0.15, -0.1) is 0 Å². The number of aromatic hydroxyl groups is 1. The quantitative estimate of drug-likeness (QED) is 0.144. The fourth-order valence-corrected chi connectivity index (χ4v) is 8.92. The number of hydrogen-bond acceptors (Lipinski definition) is 11. The number of hydrogen-bond donors (Lipinski definition) is 3. The number of nitrogens with zero attached hydrogens (tertiary/aromatic N) is 1. The fraction of sp³-hybridized carbons (Fsp3) is 0.526. The van der Waals surface area contributed by atoms with E-state index in [-0.39, 0.29) is 52.3 Å². The van der Waals surface area contributed by atoms with E-state index < -0.39 is 51.7 Å². The van der Waals surface area contributed by atoms with E-state index in [9.17, 15) is 29.7 Å². The van der Waals surface area contributed by atoms with Gasteiger partial charge in [0.05, 0.1) is 31.3 Å². The summed E-state index contributed by atoms with van der Waals surface area (Å²) in [5.74, 6) is -3.88. The lowest BCUT2D eigenvalue weighted by atomic mass is 9.54. The van der Waals surface area contributed by atoms with Crippen LogP contribution in [0.4, 0.5) is 0 Å². The molecule has 0 unspecified atom stereocenters. The minimum Gasteiger partial charge on any atom is -0.506 e. The molecule has 260 valence electrons. The molecule has 11 heteroatoms. The number of Topliss-reactive ketones (excluding diaryl/α,β-unsaturated/α-hetero) is 3. The predicted molar refractivity (Wildman–Crippen MR) is 178 cm³/mol. The first-order valence-electron chi connectivity index (χ1n) is 17.2. The maximum Gasteiger partial charge on any atom is 0.265 e. The van der Waals surface area contributed by atoms with Crippen molar-refractivity contribution in [1.29, 1.82) is 0 Å². The minimum atomic E-state index is -3.29. The molecule has 1 aromatic heterocycles. The molecule has 1 spiro atoms. The molecule has 4 aliphatic rings. The molecule has 1 heterocycles. The number of aromatic nitrogens is 1. The van der Waals surface area contributed by atoms with Gasteiger partial charge in [-0.25, -0.2) is 0 Å². The van der Waals surface area contributed by atoms with Gasteiger partial charge in [0.25, 0.3) is 5.88 Å². The van der Waals surface area contributed by atoms with Crippen LogP contribution in [-0.4, -0.2) is 69.4 Å². The molecule has 3 N–H and O–H groups in total. The Morgan fingerprint density at radius 2 is 1.57 bits per heavy atom. The first kappa shape index (κ1) is 33.3. The normalized spacial score (nSPS) is 26.4. The number of allylic oxidation sites excluding steroid dienone is 2. The number of methoxy groups -OCH3 is 1. The molecule has 0 saturated carbocycles. The third-order valence-electron chi connectivity index (χ3n) is 11.7. The average molecular weight is 674 g/mol. The Hall–Kier alpha value is -4.22. The standard InChI is InChI=1S/C38H43NO10/c1-7-9-14-47-21-16-22(46-6)29-24-20(17-36(29)19(3)12-11-13-35(36,4)5)25-28(30(40)26(21)24)33(43)38(45)32(42)27-23(18-37(38,44)31(25)41)49-39-34(27)48-15-10-8-2/h12,16,40,44-45H,7-11,13-15,17-18H2,1-6H3/t36-,37-,38+/m1/s1. The maximum atomic E-state index is 14.9. The van der Waals surface area contributed by atoms with Crippen LogP contribution in [0.1, 0.15) is 121 Å². The van der Waals surface area contributed by atoms with Gasteiger partial charge in [-0.3, -0.25) is 14.4 Å². The van der Waals surface area contributed by atoms with Crippen LogP contribution in [0.3, 0.4) is 0 Å². The average Bonchev–Trinajstić information content (AvgIpc) is 3.63. The second kappa shape index (κ2) is 11.1. The number of benzene rings is 2. The highest BCUT2D eigenvalue weighted by atomic mass is 16.5. The molecular formula is C38H43NO10. The second-order valence-electron chi connectivity index (χ2n) is 14.6. The Labute approximate surface area is 284 Å². The number of aliphatic hydroxyl groups is 2. The first-order valence-corrected chi connectivity index (χ1v) is 17.2. The van der Waals surface area contributed by atoms with Crippen LogP contribution < -0.4 is 14.2 Å². The summed E-state index contributed by atoms with van der Waals surface area (Å²) >= 11 is 0. The number of ether oxygens (including phenoxy) is 3. The van der Waals surface area contributed by atoms with Crippen molar-refractivity contribution < 1.29 is 48.4 Å². The van der Waals surface area contributed by atoms with Gasteiger partial charge in [-0.2, -0.15) is 0 Å². The van der Waals surface area contributed by atoms with E-state index in [0.29, 0.717) is 36.1 Å². The summed E-state index contributed by atoms with van der Waals surface area (Å²) in [4.78, 5) is 43.8. The number of carbonyl (C=O) groups is 3. The smallest absolute Gasteiger partial charge is 0.265 e. The molecule has 49 heavy (non-hydrogen) atoms. The van der Waals surface area contributed by atoms with Crippen molar-refractivity contribution in [3.63, 3.8) is 0 Å². The Morgan fingerprint density at radius 1 is 0.898 bits per heavy atom. The molecule has 0 bridgehead atoms. The highest BCUT2D eigenvalue weighted by Crippen LogP contribution is 2.65. The Kier molecular flexibility index (Phi) is 7.57. The van der Waals surface area contributed by atoms with Gasteiger partial charge in [0, 0.05) is 34.4 Å². The molecule has 3 atom stereocenters. The summed E-state index contributed by atoms with van der Waals surface area (Å²) in [5, 5.41) is 41.1. The van der Waals surface area contributed by atoms with E-state index in [4.69, 9.17) is 18.7 Å². The zero-order chi connectivity index (χ0) is 35.3. The molecule has 0 saturated heterocycles. The fourth-order valence-electron chi connectivity index (χ4n) is 8.92. The van der Waals surface area contributed by atoms with Crippen LogP contribution in [0.25, 0.3) is 10.8 Å². The molecular weight excluding hydrogens is 630 g/mol. The third-order valence-corrected chi connectivity index (χ3v) is 11.7. The van der Waals surface area contributed by atoms with Crippen molar-refractivity contribution in [1.82, 2.24) is 5.16 Å².